The first-order valence-corrected chi connectivity index (χ1v) is 5.29. The number of hydrogen-bond acceptors (Lipinski definition) is 2. The molecule has 0 fully saturated rings. The smallest absolute Gasteiger partial charge is 0.330 e. The van der Waals surface area contributed by atoms with Gasteiger partial charge in [0.05, 0.1) is 7.11 Å². The maximum Gasteiger partial charge on any atom is 0.330 e. The lowest BCUT2D eigenvalue weighted by Gasteiger charge is -1.96. The highest BCUT2D eigenvalue weighted by Gasteiger charge is 1.92. The molecule has 1 rings (SSSR count). The van der Waals surface area contributed by atoms with E-state index in [4.69, 9.17) is 0 Å². The second-order valence-corrected chi connectivity index (χ2v) is 3.34. The second kappa shape index (κ2) is 6.62. The molecule has 0 aliphatic heterocycles. The van der Waals surface area contributed by atoms with Gasteiger partial charge in [0.25, 0.3) is 0 Å². The minimum Gasteiger partial charge on any atom is -0.466 e. The molecule has 0 aliphatic rings. The van der Waals surface area contributed by atoms with E-state index in [1.165, 1.54) is 13.2 Å². The highest BCUT2D eigenvalue weighted by atomic mass is 16.5. The summed E-state index contributed by atoms with van der Waals surface area (Å²) < 4.78 is 4.53. The van der Waals surface area contributed by atoms with Crippen LogP contribution in [0.1, 0.15) is 24.5 Å². The zero-order chi connectivity index (χ0) is 11.8. The normalized spacial score (nSPS) is 11.1. The Morgan fingerprint density at radius 2 is 2.00 bits per heavy atom. The van der Waals surface area contributed by atoms with Gasteiger partial charge in [0, 0.05) is 6.08 Å². The number of carbonyl (C=O) groups excluding carboxylic acids is 1. The van der Waals surface area contributed by atoms with E-state index in [0.29, 0.717) is 0 Å². The van der Waals surface area contributed by atoms with Gasteiger partial charge in [0.1, 0.15) is 0 Å². The maximum absolute atomic E-state index is 10.9. The molecule has 2 nitrogen and oxygen atoms in total. The van der Waals surface area contributed by atoms with Crippen molar-refractivity contribution in [1.29, 1.82) is 0 Å². The molecular formula is C14H16O2. The molecule has 0 saturated carbocycles. The molecular weight excluding hydrogens is 200 g/mol. The van der Waals surface area contributed by atoms with Crippen LogP contribution in [0.15, 0.2) is 36.4 Å². The average molecular weight is 216 g/mol. The van der Waals surface area contributed by atoms with E-state index < -0.39 is 0 Å². The molecule has 1 aromatic rings. The van der Waals surface area contributed by atoms with Crippen LogP contribution in [0.2, 0.25) is 0 Å². The van der Waals surface area contributed by atoms with E-state index in [0.717, 1.165) is 17.5 Å². The van der Waals surface area contributed by atoms with Crippen LogP contribution < -0.4 is 0 Å². The minimum absolute atomic E-state index is 0.338. The Morgan fingerprint density at radius 1 is 1.31 bits per heavy atom. The zero-order valence-corrected chi connectivity index (χ0v) is 9.64. The van der Waals surface area contributed by atoms with E-state index >= 15 is 0 Å². The predicted molar refractivity (Wildman–Crippen MR) is 66.8 cm³/mol. The van der Waals surface area contributed by atoms with Gasteiger partial charge in [-0.1, -0.05) is 37.3 Å². The van der Waals surface area contributed by atoms with Crippen molar-refractivity contribution in [2.75, 3.05) is 7.11 Å². The number of carbonyl (C=O) groups is 1. The number of benzene rings is 1. The molecule has 0 aromatic heterocycles. The standard InChI is InChI=1S/C14H16O2/c1-3-4-6-12-7-5-8-13(11-12)9-10-14(15)16-2/h4-11H,3H2,1-2H3. The van der Waals surface area contributed by atoms with Gasteiger partial charge in [-0.05, 0) is 29.7 Å². The van der Waals surface area contributed by atoms with Gasteiger partial charge in [-0.15, -0.1) is 0 Å². The van der Waals surface area contributed by atoms with Crippen LogP contribution in [-0.2, 0) is 9.53 Å². The topological polar surface area (TPSA) is 26.3 Å². The number of ether oxygens (including phenoxy) is 1. The Morgan fingerprint density at radius 3 is 2.62 bits per heavy atom. The third-order valence-corrected chi connectivity index (χ3v) is 2.07. The number of methoxy groups -OCH3 is 1. The average Bonchev–Trinajstić information content (AvgIpc) is 2.34. The van der Waals surface area contributed by atoms with Crippen molar-refractivity contribution < 1.29 is 9.53 Å². The molecule has 0 bridgehead atoms. The summed E-state index contributed by atoms with van der Waals surface area (Å²) in [7, 11) is 1.37. The van der Waals surface area contributed by atoms with Gasteiger partial charge >= 0.3 is 5.97 Å². The third kappa shape index (κ3) is 4.13. The van der Waals surface area contributed by atoms with Gasteiger partial charge in [-0.2, -0.15) is 0 Å². The van der Waals surface area contributed by atoms with Crippen LogP contribution >= 0.6 is 0 Å². The molecule has 0 amide bonds. The van der Waals surface area contributed by atoms with E-state index in [1.54, 1.807) is 6.08 Å². The minimum atomic E-state index is -0.338. The Kier molecular flexibility index (Phi) is 5.06. The number of hydrogen-bond donors (Lipinski definition) is 0. The third-order valence-electron chi connectivity index (χ3n) is 2.07. The Bertz CT molecular complexity index is 403. The summed E-state index contributed by atoms with van der Waals surface area (Å²) in [6.07, 6.45) is 8.35. The molecule has 16 heavy (non-hydrogen) atoms. The zero-order valence-electron chi connectivity index (χ0n) is 9.64. The second-order valence-electron chi connectivity index (χ2n) is 3.34. The summed E-state index contributed by atoms with van der Waals surface area (Å²) in [5, 5.41) is 0. The SMILES string of the molecule is CCC=Cc1cccc(C=CC(=O)OC)c1. The molecule has 2 heteroatoms. The lowest BCUT2D eigenvalue weighted by molar-refractivity contribution is -0.134. The van der Waals surface area contributed by atoms with E-state index in [9.17, 15) is 4.79 Å². The van der Waals surface area contributed by atoms with Crippen LogP contribution in [-0.4, -0.2) is 13.1 Å². The van der Waals surface area contributed by atoms with Gasteiger partial charge in [0.2, 0.25) is 0 Å². The van der Waals surface area contributed by atoms with Crippen LogP contribution in [0.4, 0.5) is 0 Å². The number of esters is 1. The molecule has 1 aromatic carbocycles. The van der Waals surface area contributed by atoms with Gasteiger partial charge in [-0.3, -0.25) is 0 Å². The largest absolute Gasteiger partial charge is 0.466 e. The Hall–Kier alpha value is -1.83. The van der Waals surface area contributed by atoms with Crippen molar-refractivity contribution in [1.82, 2.24) is 0 Å². The van der Waals surface area contributed by atoms with Gasteiger partial charge in [0.15, 0.2) is 0 Å². The first-order valence-electron chi connectivity index (χ1n) is 5.29. The molecule has 0 atom stereocenters. The molecule has 0 N–H and O–H groups in total. The molecule has 0 aliphatic carbocycles. The number of rotatable bonds is 4. The van der Waals surface area contributed by atoms with Crippen molar-refractivity contribution >= 4 is 18.1 Å². The summed E-state index contributed by atoms with van der Waals surface area (Å²) in [5.41, 5.74) is 2.12. The predicted octanol–water partition coefficient (Wildman–Crippen LogP) is 3.30. The fourth-order valence-corrected chi connectivity index (χ4v) is 1.25. The van der Waals surface area contributed by atoms with Crippen molar-refractivity contribution in [2.45, 2.75) is 13.3 Å². The molecule has 0 spiro atoms. The van der Waals surface area contributed by atoms with Crippen LogP contribution in [0, 0.1) is 0 Å². The quantitative estimate of drug-likeness (QED) is 0.570. The monoisotopic (exact) mass is 216 g/mol. The summed E-state index contributed by atoms with van der Waals surface area (Å²) in [4.78, 5) is 10.9. The summed E-state index contributed by atoms with van der Waals surface area (Å²) in [5.74, 6) is -0.338. The summed E-state index contributed by atoms with van der Waals surface area (Å²) in [6, 6.07) is 7.96. The first-order chi connectivity index (χ1) is 7.76. The summed E-state index contributed by atoms with van der Waals surface area (Å²) >= 11 is 0. The molecule has 0 heterocycles. The molecule has 0 unspecified atom stereocenters. The highest BCUT2D eigenvalue weighted by Crippen LogP contribution is 2.09. The highest BCUT2D eigenvalue weighted by molar-refractivity contribution is 5.87. The van der Waals surface area contributed by atoms with Crippen LogP contribution in [0.5, 0.6) is 0 Å². The maximum atomic E-state index is 10.9. The fourth-order valence-electron chi connectivity index (χ4n) is 1.25. The van der Waals surface area contributed by atoms with Crippen LogP contribution in [0.25, 0.3) is 12.2 Å². The van der Waals surface area contributed by atoms with E-state index in [1.807, 2.05) is 24.3 Å². The Balaban J connectivity index is 2.78. The Labute approximate surface area is 96.2 Å². The fraction of sp³-hybridized carbons (Fsp3) is 0.214. The lowest BCUT2D eigenvalue weighted by atomic mass is 10.1. The van der Waals surface area contributed by atoms with Gasteiger partial charge < -0.3 is 4.74 Å². The van der Waals surface area contributed by atoms with E-state index in [2.05, 4.69) is 23.8 Å². The van der Waals surface area contributed by atoms with Crippen molar-refractivity contribution in [3.63, 3.8) is 0 Å². The van der Waals surface area contributed by atoms with Crippen molar-refractivity contribution in [2.24, 2.45) is 0 Å². The molecule has 0 saturated heterocycles. The van der Waals surface area contributed by atoms with Crippen LogP contribution in [0.3, 0.4) is 0 Å². The van der Waals surface area contributed by atoms with Gasteiger partial charge in [-0.25, -0.2) is 4.79 Å². The van der Waals surface area contributed by atoms with Crippen molar-refractivity contribution in [3.8, 4) is 0 Å². The lowest BCUT2D eigenvalue weighted by Crippen LogP contribution is -1.93. The first kappa shape index (κ1) is 12.2. The van der Waals surface area contributed by atoms with Crippen molar-refractivity contribution in [3.05, 3.63) is 47.5 Å². The molecule has 84 valence electrons. The summed E-state index contributed by atoms with van der Waals surface area (Å²) in [6.45, 7) is 2.09. The molecule has 0 radical (unpaired) electrons. The number of allylic oxidation sites excluding steroid dienone is 1. The van der Waals surface area contributed by atoms with E-state index in [-0.39, 0.29) is 5.97 Å².